The van der Waals surface area contributed by atoms with Crippen molar-refractivity contribution in [2.24, 2.45) is 7.05 Å². The van der Waals surface area contributed by atoms with Gasteiger partial charge in [-0.05, 0) is 25.3 Å². The molecule has 114 valence electrons. The molecule has 0 aliphatic heterocycles. The van der Waals surface area contributed by atoms with Crippen LogP contribution in [0.15, 0.2) is 32.8 Å². The summed E-state index contributed by atoms with van der Waals surface area (Å²) in [6.07, 6.45) is 0. The van der Waals surface area contributed by atoms with Gasteiger partial charge in [0.25, 0.3) is 5.56 Å². The lowest BCUT2D eigenvalue weighted by molar-refractivity contribution is -0.116. The van der Waals surface area contributed by atoms with Crippen LogP contribution in [0.1, 0.15) is 13.8 Å². The van der Waals surface area contributed by atoms with Gasteiger partial charge in [-0.3, -0.25) is 14.2 Å². The number of carbonyl (C=O) groups excluding carboxylic acids is 1. The van der Waals surface area contributed by atoms with E-state index in [0.717, 1.165) is 15.3 Å². The number of thiophene rings is 2. The average molecular weight is 350 g/mol. The molecule has 0 aliphatic rings. The standard InChI is InChI=1S/C15H14N2O2S3/c1-8(18)9(2)22-15-16-13-12(14(19)17(15)3)10(7-21-13)11-5-4-6-20-11/h4-7,9H,1-3H3. The summed E-state index contributed by atoms with van der Waals surface area (Å²) in [6.45, 7) is 3.38. The third-order valence-electron chi connectivity index (χ3n) is 3.42. The molecule has 3 aromatic rings. The van der Waals surface area contributed by atoms with Crippen LogP contribution in [0.3, 0.4) is 0 Å². The van der Waals surface area contributed by atoms with E-state index in [9.17, 15) is 9.59 Å². The number of hydrogen-bond donors (Lipinski definition) is 0. The largest absolute Gasteiger partial charge is 0.299 e. The minimum atomic E-state index is -0.215. The van der Waals surface area contributed by atoms with E-state index in [0.29, 0.717) is 10.5 Å². The van der Waals surface area contributed by atoms with Crippen LogP contribution >= 0.6 is 34.4 Å². The molecule has 0 N–H and O–H groups in total. The van der Waals surface area contributed by atoms with E-state index in [4.69, 9.17) is 0 Å². The molecular weight excluding hydrogens is 336 g/mol. The fourth-order valence-corrected chi connectivity index (χ4v) is 4.69. The van der Waals surface area contributed by atoms with Crippen LogP contribution in [-0.4, -0.2) is 20.6 Å². The minimum absolute atomic E-state index is 0.0621. The Kier molecular flexibility index (Phi) is 4.20. The number of rotatable bonds is 4. The van der Waals surface area contributed by atoms with Crippen molar-refractivity contribution in [3.63, 3.8) is 0 Å². The van der Waals surface area contributed by atoms with Gasteiger partial charge in [-0.1, -0.05) is 17.8 Å². The molecule has 0 aliphatic carbocycles. The molecule has 0 fully saturated rings. The maximum Gasteiger partial charge on any atom is 0.263 e. The van der Waals surface area contributed by atoms with Crippen molar-refractivity contribution < 1.29 is 4.79 Å². The molecule has 3 rings (SSSR count). The smallest absolute Gasteiger partial charge is 0.263 e. The number of Topliss-reactive ketones (excluding diaryl/α,β-unsaturated/α-hetero) is 1. The summed E-state index contributed by atoms with van der Waals surface area (Å²) in [5, 5.41) is 5.00. The van der Waals surface area contributed by atoms with Crippen LogP contribution in [0.4, 0.5) is 0 Å². The van der Waals surface area contributed by atoms with Crippen LogP contribution in [0, 0.1) is 0 Å². The van der Waals surface area contributed by atoms with Gasteiger partial charge in [0.1, 0.15) is 10.6 Å². The van der Waals surface area contributed by atoms with E-state index < -0.39 is 0 Å². The molecule has 22 heavy (non-hydrogen) atoms. The molecule has 0 amide bonds. The Labute approximate surface area is 139 Å². The molecule has 7 heteroatoms. The maximum atomic E-state index is 12.7. The van der Waals surface area contributed by atoms with Gasteiger partial charge in [0.2, 0.25) is 0 Å². The molecule has 0 radical (unpaired) electrons. The Bertz CT molecular complexity index is 894. The topological polar surface area (TPSA) is 52.0 Å². The molecule has 3 aromatic heterocycles. The van der Waals surface area contributed by atoms with Crippen LogP contribution in [0.5, 0.6) is 0 Å². The molecule has 0 saturated carbocycles. The first-order valence-corrected chi connectivity index (χ1v) is 9.32. The van der Waals surface area contributed by atoms with Gasteiger partial charge in [-0.15, -0.1) is 22.7 Å². The zero-order valence-corrected chi connectivity index (χ0v) is 14.8. The summed E-state index contributed by atoms with van der Waals surface area (Å²) in [5.41, 5.74) is 0.882. The normalized spacial score (nSPS) is 12.7. The summed E-state index contributed by atoms with van der Waals surface area (Å²) in [7, 11) is 1.71. The van der Waals surface area contributed by atoms with Gasteiger partial charge in [0.15, 0.2) is 5.16 Å². The second-order valence-corrected chi connectivity index (χ2v) is 8.05. The minimum Gasteiger partial charge on any atom is -0.299 e. The lowest BCUT2D eigenvalue weighted by atomic mass is 10.2. The fraction of sp³-hybridized carbons (Fsp3) is 0.267. The summed E-state index contributed by atoms with van der Waals surface area (Å²) in [5.74, 6) is 0.0739. The molecule has 0 saturated heterocycles. The highest BCUT2D eigenvalue weighted by atomic mass is 32.2. The van der Waals surface area contributed by atoms with E-state index in [1.807, 2.05) is 29.8 Å². The van der Waals surface area contributed by atoms with Gasteiger partial charge < -0.3 is 0 Å². The molecule has 3 heterocycles. The average Bonchev–Trinajstić information content (AvgIpc) is 3.12. The highest BCUT2D eigenvalue weighted by Gasteiger charge is 2.18. The summed E-state index contributed by atoms with van der Waals surface area (Å²) in [6, 6.07) is 3.98. The molecule has 1 atom stereocenters. The number of carbonyl (C=O) groups is 1. The first-order chi connectivity index (χ1) is 10.5. The summed E-state index contributed by atoms with van der Waals surface area (Å²) >= 11 is 4.40. The van der Waals surface area contributed by atoms with Crippen molar-refractivity contribution >= 4 is 50.4 Å². The molecule has 4 nitrogen and oxygen atoms in total. The van der Waals surface area contributed by atoms with Crippen LogP contribution in [-0.2, 0) is 11.8 Å². The Balaban J connectivity index is 2.15. The van der Waals surface area contributed by atoms with Gasteiger partial charge in [0, 0.05) is 22.9 Å². The monoisotopic (exact) mass is 350 g/mol. The van der Waals surface area contributed by atoms with Gasteiger partial charge in [-0.2, -0.15) is 0 Å². The van der Waals surface area contributed by atoms with Crippen molar-refractivity contribution in [2.45, 2.75) is 24.3 Å². The number of hydrogen-bond acceptors (Lipinski definition) is 6. The third kappa shape index (κ3) is 2.64. The number of aromatic nitrogens is 2. The molecule has 0 spiro atoms. The molecule has 0 bridgehead atoms. The maximum absolute atomic E-state index is 12.7. The Morgan fingerprint density at radius 3 is 2.82 bits per heavy atom. The van der Waals surface area contributed by atoms with Crippen LogP contribution < -0.4 is 5.56 Å². The fourth-order valence-electron chi connectivity index (χ4n) is 2.01. The van der Waals surface area contributed by atoms with E-state index in [1.165, 1.54) is 27.7 Å². The third-order valence-corrected chi connectivity index (χ3v) is 6.45. The number of ketones is 1. The van der Waals surface area contributed by atoms with Gasteiger partial charge in [-0.25, -0.2) is 4.98 Å². The Morgan fingerprint density at radius 1 is 1.41 bits per heavy atom. The van der Waals surface area contributed by atoms with Crippen molar-refractivity contribution in [1.82, 2.24) is 9.55 Å². The lowest BCUT2D eigenvalue weighted by Gasteiger charge is -2.10. The molecular formula is C15H14N2O2S3. The van der Waals surface area contributed by atoms with Gasteiger partial charge >= 0.3 is 0 Å². The van der Waals surface area contributed by atoms with E-state index in [1.54, 1.807) is 25.3 Å². The highest BCUT2D eigenvalue weighted by molar-refractivity contribution is 8.00. The van der Waals surface area contributed by atoms with Crippen molar-refractivity contribution in [3.8, 4) is 10.4 Å². The highest BCUT2D eigenvalue weighted by Crippen LogP contribution is 2.34. The Hall–Kier alpha value is -1.44. The number of fused-ring (bicyclic) bond motifs is 1. The zero-order chi connectivity index (χ0) is 15.9. The zero-order valence-electron chi connectivity index (χ0n) is 12.3. The van der Waals surface area contributed by atoms with E-state index in [-0.39, 0.29) is 16.6 Å². The second kappa shape index (κ2) is 5.98. The predicted molar refractivity (Wildman–Crippen MR) is 94.2 cm³/mol. The summed E-state index contributed by atoms with van der Waals surface area (Å²) < 4.78 is 1.54. The van der Waals surface area contributed by atoms with Gasteiger partial charge in [0.05, 0.1) is 10.6 Å². The van der Waals surface area contributed by atoms with Crippen LogP contribution in [0.25, 0.3) is 20.7 Å². The summed E-state index contributed by atoms with van der Waals surface area (Å²) in [4.78, 5) is 30.5. The lowest BCUT2D eigenvalue weighted by Crippen LogP contribution is -2.21. The van der Waals surface area contributed by atoms with Crippen molar-refractivity contribution in [3.05, 3.63) is 33.2 Å². The first-order valence-electron chi connectivity index (χ1n) is 6.68. The van der Waals surface area contributed by atoms with Crippen molar-refractivity contribution in [1.29, 1.82) is 0 Å². The predicted octanol–water partition coefficient (Wildman–Crippen LogP) is 3.79. The first kappa shape index (κ1) is 15.5. The second-order valence-electron chi connectivity index (χ2n) is 4.94. The quantitative estimate of drug-likeness (QED) is 0.530. The Morgan fingerprint density at radius 2 is 2.18 bits per heavy atom. The van der Waals surface area contributed by atoms with E-state index >= 15 is 0 Å². The van der Waals surface area contributed by atoms with E-state index in [2.05, 4.69) is 4.98 Å². The molecule has 1 unspecified atom stereocenters. The van der Waals surface area contributed by atoms with Crippen molar-refractivity contribution in [2.75, 3.05) is 0 Å². The van der Waals surface area contributed by atoms with Crippen LogP contribution in [0.2, 0.25) is 0 Å². The SMILES string of the molecule is CC(=O)C(C)Sc1nc2scc(-c3cccs3)c2c(=O)n1C. The number of thioether (sulfide) groups is 1. The number of nitrogens with zero attached hydrogens (tertiary/aromatic N) is 2. The molecule has 0 aromatic carbocycles.